The van der Waals surface area contributed by atoms with E-state index in [1.54, 1.807) is 6.20 Å². The number of imidazole rings is 1. The third-order valence-electron chi connectivity index (χ3n) is 5.35. The zero-order valence-corrected chi connectivity index (χ0v) is 16.4. The second-order valence-corrected chi connectivity index (χ2v) is 7.54. The minimum atomic E-state index is -0.0523. The van der Waals surface area contributed by atoms with Gasteiger partial charge in [0, 0.05) is 50.7 Å². The average molecular weight is 374 g/mol. The Balaban J connectivity index is 1.43. The Morgan fingerprint density at radius 2 is 1.89 bits per heavy atom. The number of aromatic nitrogens is 2. The normalized spacial score (nSPS) is 15.1. The summed E-state index contributed by atoms with van der Waals surface area (Å²) in [6.07, 6.45) is 4.71. The van der Waals surface area contributed by atoms with Gasteiger partial charge in [-0.05, 0) is 30.5 Å². The molecule has 0 radical (unpaired) electrons. The van der Waals surface area contributed by atoms with Gasteiger partial charge in [-0.15, -0.1) is 0 Å². The molecule has 0 fully saturated rings. The highest BCUT2D eigenvalue weighted by Crippen LogP contribution is 2.22. The number of carbonyl (C=O) groups is 1. The molecule has 1 aliphatic rings. The molecule has 2 aromatic carbocycles. The first-order chi connectivity index (χ1) is 13.6. The Kier molecular flexibility index (Phi) is 5.26. The molecule has 1 aromatic heterocycles. The standard InChI is InChI=1S/C23H26N4O/c1-17(15-27-13-11-18-7-3-4-8-19(18)16-27)25-23(28)21-10-6-5-9-20(21)22-24-12-14-26(22)2/h3-10,12,14,17H,11,13,15-16H2,1-2H3,(H,25,28). The van der Waals surface area contributed by atoms with E-state index in [4.69, 9.17) is 0 Å². The lowest BCUT2D eigenvalue weighted by atomic mass is 9.99. The molecule has 5 nitrogen and oxygen atoms in total. The lowest BCUT2D eigenvalue weighted by molar-refractivity contribution is 0.0927. The average Bonchev–Trinajstić information content (AvgIpc) is 3.13. The van der Waals surface area contributed by atoms with E-state index in [-0.39, 0.29) is 11.9 Å². The van der Waals surface area contributed by atoms with Gasteiger partial charge < -0.3 is 9.88 Å². The number of hydrogen-bond donors (Lipinski definition) is 1. The van der Waals surface area contributed by atoms with Crippen LogP contribution in [0.1, 0.15) is 28.4 Å². The van der Waals surface area contributed by atoms with Crippen LogP contribution in [0.3, 0.4) is 0 Å². The zero-order valence-electron chi connectivity index (χ0n) is 16.4. The molecule has 0 saturated carbocycles. The van der Waals surface area contributed by atoms with Crippen LogP contribution in [0.5, 0.6) is 0 Å². The lowest BCUT2D eigenvalue weighted by Gasteiger charge is -2.31. The van der Waals surface area contributed by atoms with Crippen molar-refractivity contribution in [1.29, 1.82) is 0 Å². The number of nitrogens with one attached hydrogen (secondary N) is 1. The topological polar surface area (TPSA) is 50.2 Å². The molecule has 0 spiro atoms. The smallest absolute Gasteiger partial charge is 0.252 e. The Hall–Kier alpha value is -2.92. The SMILES string of the molecule is CC(CN1CCc2ccccc2C1)NC(=O)c1ccccc1-c1nccn1C. The molecule has 0 saturated heterocycles. The van der Waals surface area contributed by atoms with E-state index in [2.05, 4.69) is 46.4 Å². The monoisotopic (exact) mass is 374 g/mol. The number of fused-ring (bicyclic) bond motifs is 1. The van der Waals surface area contributed by atoms with Crippen LogP contribution < -0.4 is 5.32 Å². The quantitative estimate of drug-likeness (QED) is 0.746. The second-order valence-electron chi connectivity index (χ2n) is 7.54. The maximum absolute atomic E-state index is 13.0. The van der Waals surface area contributed by atoms with Crippen LogP contribution in [-0.4, -0.2) is 39.5 Å². The number of carbonyl (C=O) groups excluding carboxylic acids is 1. The van der Waals surface area contributed by atoms with Gasteiger partial charge in [0.15, 0.2) is 0 Å². The van der Waals surface area contributed by atoms with Crippen molar-refractivity contribution in [3.05, 3.63) is 77.6 Å². The van der Waals surface area contributed by atoms with Crippen LogP contribution in [0.4, 0.5) is 0 Å². The largest absolute Gasteiger partial charge is 0.348 e. The van der Waals surface area contributed by atoms with Gasteiger partial charge in [0.05, 0.1) is 5.56 Å². The van der Waals surface area contributed by atoms with E-state index in [9.17, 15) is 4.79 Å². The van der Waals surface area contributed by atoms with E-state index in [0.717, 1.165) is 37.4 Å². The van der Waals surface area contributed by atoms with Crippen LogP contribution in [0.25, 0.3) is 11.4 Å². The third-order valence-corrected chi connectivity index (χ3v) is 5.35. The minimum absolute atomic E-state index is 0.0523. The fraction of sp³-hybridized carbons (Fsp3) is 0.304. The van der Waals surface area contributed by atoms with Gasteiger partial charge in [-0.3, -0.25) is 9.69 Å². The molecule has 0 aliphatic carbocycles. The molecule has 2 heterocycles. The number of amides is 1. The number of hydrogen-bond acceptors (Lipinski definition) is 3. The van der Waals surface area contributed by atoms with E-state index >= 15 is 0 Å². The van der Waals surface area contributed by atoms with Gasteiger partial charge in [0.2, 0.25) is 0 Å². The number of rotatable bonds is 5. The minimum Gasteiger partial charge on any atom is -0.348 e. The van der Waals surface area contributed by atoms with Crippen LogP contribution in [0.2, 0.25) is 0 Å². The molecule has 1 atom stereocenters. The van der Waals surface area contributed by atoms with E-state index in [1.807, 2.05) is 42.1 Å². The van der Waals surface area contributed by atoms with Crippen molar-refractivity contribution in [2.24, 2.45) is 7.05 Å². The van der Waals surface area contributed by atoms with Gasteiger partial charge in [-0.25, -0.2) is 4.98 Å². The summed E-state index contributed by atoms with van der Waals surface area (Å²) in [4.78, 5) is 19.8. The summed E-state index contributed by atoms with van der Waals surface area (Å²) in [5.41, 5.74) is 4.35. The Morgan fingerprint density at radius 3 is 2.68 bits per heavy atom. The van der Waals surface area contributed by atoms with Crippen molar-refractivity contribution in [3.8, 4) is 11.4 Å². The van der Waals surface area contributed by atoms with Gasteiger partial charge in [-0.2, -0.15) is 0 Å². The van der Waals surface area contributed by atoms with E-state index < -0.39 is 0 Å². The number of nitrogens with zero attached hydrogens (tertiary/aromatic N) is 3. The molecule has 3 aromatic rings. The first kappa shape index (κ1) is 18.4. The summed E-state index contributed by atoms with van der Waals surface area (Å²) in [5.74, 6) is 0.745. The maximum atomic E-state index is 13.0. The van der Waals surface area contributed by atoms with Gasteiger partial charge in [0.1, 0.15) is 5.82 Å². The van der Waals surface area contributed by atoms with Gasteiger partial charge in [0.25, 0.3) is 5.91 Å². The van der Waals surface area contributed by atoms with Crippen molar-refractivity contribution < 1.29 is 4.79 Å². The Labute approximate surface area is 166 Å². The highest BCUT2D eigenvalue weighted by Gasteiger charge is 2.20. The molecule has 1 amide bonds. The molecular weight excluding hydrogens is 348 g/mol. The van der Waals surface area contributed by atoms with E-state index in [1.165, 1.54) is 11.1 Å². The Bertz CT molecular complexity index is 978. The molecule has 144 valence electrons. The predicted molar refractivity (Wildman–Crippen MR) is 111 cm³/mol. The zero-order chi connectivity index (χ0) is 19.5. The summed E-state index contributed by atoms with van der Waals surface area (Å²) in [6, 6.07) is 16.3. The van der Waals surface area contributed by atoms with Crippen LogP contribution in [0, 0.1) is 0 Å². The van der Waals surface area contributed by atoms with Crippen molar-refractivity contribution >= 4 is 5.91 Å². The highest BCUT2D eigenvalue weighted by molar-refractivity contribution is 6.00. The second kappa shape index (κ2) is 7.98. The maximum Gasteiger partial charge on any atom is 0.252 e. The molecule has 4 rings (SSSR count). The van der Waals surface area contributed by atoms with E-state index in [0.29, 0.717) is 5.56 Å². The summed E-state index contributed by atoms with van der Waals surface area (Å²) in [5, 5.41) is 3.17. The van der Waals surface area contributed by atoms with Gasteiger partial charge in [-0.1, -0.05) is 42.5 Å². The lowest BCUT2D eigenvalue weighted by Crippen LogP contribution is -2.43. The van der Waals surface area contributed by atoms with Crippen molar-refractivity contribution in [3.63, 3.8) is 0 Å². The summed E-state index contributed by atoms with van der Waals surface area (Å²) < 4.78 is 1.93. The summed E-state index contributed by atoms with van der Waals surface area (Å²) >= 11 is 0. The van der Waals surface area contributed by atoms with Crippen molar-refractivity contribution in [1.82, 2.24) is 19.8 Å². The highest BCUT2D eigenvalue weighted by atomic mass is 16.1. The molecule has 28 heavy (non-hydrogen) atoms. The first-order valence-electron chi connectivity index (χ1n) is 9.78. The third kappa shape index (κ3) is 3.85. The van der Waals surface area contributed by atoms with Crippen molar-refractivity contribution in [2.75, 3.05) is 13.1 Å². The van der Waals surface area contributed by atoms with Crippen LogP contribution in [0.15, 0.2) is 60.9 Å². The number of benzene rings is 2. The van der Waals surface area contributed by atoms with Crippen LogP contribution >= 0.6 is 0 Å². The van der Waals surface area contributed by atoms with Crippen molar-refractivity contribution in [2.45, 2.75) is 25.9 Å². The van der Waals surface area contributed by atoms with Crippen LogP contribution in [-0.2, 0) is 20.0 Å². The van der Waals surface area contributed by atoms with Gasteiger partial charge >= 0.3 is 0 Å². The number of aryl methyl sites for hydroxylation is 1. The predicted octanol–water partition coefficient (Wildman–Crippen LogP) is 3.26. The Morgan fingerprint density at radius 1 is 1.14 bits per heavy atom. The molecule has 0 bridgehead atoms. The fourth-order valence-electron chi connectivity index (χ4n) is 3.95. The first-order valence-corrected chi connectivity index (χ1v) is 9.78. The molecule has 5 heteroatoms. The summed E-state index contributed by atoms with van der Waals surface area (Å²) in [6.45, 7) is 4.88. The molecule has 1 aliphatic heterocycles. The molecule has 1 N–H and O–H groups in total. The fourth-order valence-corrected chi connectivity index (χ4v) is 3.95. The molecule has 1 unspecified atom stereocenters. The summed E-state index contributed by atoms with van der Waals surface area (Å²) in [7, 11) is 1.94. The molecular formula is C23H26N4O.